The second-order valence-electron chi connectivity index (χ2n) is 6.76. The van der Waals surface area contributed by atoms with E-state index in [0.29, 0.717) is 0 Å². The first-order valence-corrected chi connectivity index (χ1v) is 9.87. The maximum Gasteiger partial charge on any atom is 0.326 e. The highest BCUT2D eigenvalue weighted by Gasteiger charge is 2.25. The normalized spacial score (nSPS) is 13.8. The summed E-state index contributed by atoms with van der Waals surface area (Å²) in [5.74, 6) is -2.88. The van der Waals surface area contributed by atoms with E-state index < -0.39 is 41.8 Å². The molecular weight excluding hydrogens is 410 g/mol. The zero-order valence-corrected chi connectivity index (χ0v) is 17.2. The first-order valence-electron chi connectivity index (χ1n) is 9.24. The Morgan fingerprint density at radius 1 is 1.17 bits per heavy atom. The highest BCUT2D eigenvalue weighted by Crippen LogP contribution is 2.19. The molecule has 1 aromatic heterocycles. The number of fused-ring (bicyclic) bond motifs is 1. The van der Waals surface area contributed by atoms with Gasteiger partial charge in [0.05, 0.1) is 12.6 Å². The third-order valence-corrected chi connectivity index (χ3v) is 4.83. The van der Waals surface area contributed by atoms with Crippen molar-refractivity contribution < 1.29 is 24.3 Å². The fourth-order valence-electron chi connectivity index (χ4n) is 2.76. The molecule has 10 nitrogen and oxygen atoms in total. The zero-order chi connectivity index (χ0) is 22.3. The Balaban J connectivity index is 1.92. The highest BCUT2D eigenvalue weighted by molar-refractivity contribution is 7.80. The van der Waals surface area contributed by atoms with Crippen molar-refractivity contribution in [3.05, 3.63) is 36.0 Å². The summed E-state index contributed by atoms with van der Waals surface area (Å²) in [6.07, 6.45) is 1.78. The SMILES string of the molecule is CC(NC(=O)CNC(=O)C(N)CS)C(=O)NC(Cc1c[nH]c2ccccc12)C(=O)O. The summed E-state index contributed by atoms with van der Waals surface area (Å²) in [7, 11) is 0. The van der Waals surface area contributed by atoms with Crippen molar-refractivity contribution in [2.45, 2.75) is 31.5 Å². The zero-order valence-electron chi connectivity index (χ0n) is 16.3. The number of hydrogen-bond donors (Lipinski definition) is 7. The van der Waals surface area contributed by atoms with Gasteiger partial charge in [0.15, 0.2) is 0 Å². The number of nitrogens with one attached hydrogen (secondary N) is 4. The average Bonchev–Trinajstić information content (AvgIpc) is 3.13. The van der Waals surface area contributed by atoms with E-state index in [9.17, 15) is 24.3 Å². The standard InChI is InChI=1S/C19H25N5O5S/c1-10(23-16(25)8-22-18(27)13(20)9-30)17(26)24-15(19(28)29)6-11-7-21-14-5-3-2-4-12(11)14/h2-5,7,10,13,15,21,30H,6,8-9,20H2,1H3,(H,22,27)(H,23,25)(H,24,26)(H,28,29). The molecule has 0 spiro atoms. The van der Waals surface area contributed by atoms with Gasteiger partial charge in [-0.05, 0) is 18.6 Å². The van der Waals surface area contributed by atoms with Gasteiger partial charge in [0.25, 0.3) is 0 Å². The fraction of sp³-hybridized carbons (Fsp3) is 0.368. The van der Waals surface area contributed by atoms with Crippen LogP contribution in [-0.4, -0.2) is 64.2 Å². The molecule has 0 aliphatic carbocycles. The molecule has 1 heterocycles. The molecule has 0 saturated carbocycles. The van der Waals surface area contributed by atoms with Crippen LogP contribution in [0.25, 0.3) is 10.9 Å². The van der Waals surface area contributed by atoms with E-state index in [2.05, 4.69) is 33.6 Å². The Bertz CT molecular complexity index is 931. The van der Waals surface area contributed by atoms with Gasteiger partial charge in [0, 0.05) is 29.3 Å². The maximum atomic E-state index is 12.4. The van der Waals surface area contributed by atoms with E-state index in [4.69, 9.17) is 5.73 Å². The predicted octanol–water partition coefficient (Wildman–Crippen LogP) is -0.842. The molecule has 2 aromatic rings. The van der Waals surface area contributed by atoms with Crippen LogP contribution >= 0.6 is 12.6 Å². The van der Waals surface area contributed by atoms with Gasteiger partial charge in [0.2, 0.25) is 17.7 Å². The lowest BCUT2D eigenvalue weighted by molar-refractivity contribution is -0.142. The Labute approximate surface area is 178 Å². The van der Waals surface area contributed by atoms with Gasteiger partial charge in [-0.25, -0.2) is 4.79 Å². The minimum Gasteiger partial charge on any atom is -0.480 e. The number of para-hydroxylation sites is 1. The third kappa shape index (κ3) is 6.22. The summed E-state index contributed by atoms with van der Waals surface area (Å²) in [6.45, 7) is 1.05. The summed E-state index contributed by atoms with van der Waals surface area (Å²) < 4.78 is 0. The monoisotopic (exact) mass is 435 g/mol. The number of aromatic nitrogens is 1. The van der Waals surface area contributed by atoms with Gasteiger partial charge in [-0.3, -0.25) is 14.4 Å². The summed E-state index contributed by atoms with van der Waals surface area (Å²) in [5, 5.41) is 17.5. The molecule has 7 N–H and O–H groups in total. The molecule has 1 aromatic carbocycles. The van der Waals surface area contributed by atoms with Crippen LogP contribution in [0.3, 0.4) is 0 Å². The number of H-pyrrole nitrogens is 1. The largest absolute Gasteiger partial charge is 0.480 e. The summed E-state index contributed by atoms with van der Waals surface area (Å²) >= 11 is 3.89. The van der Waals surface area contributed by atoms with Gasteiger partial charge < -0.3 is 31.8 Å². The van der Waals surface area contributed by atoms with Crippen LogP contribution in [0.15, 0.2) is 30.5 Å². The summed E-state index contributed by atoms with van der Waals surface area (Å²) in [5.41, 5.74) is 7.10. The lowest BCUT2D eigenvalue weighted by Crippen LogP contribution is -2.53. The smallest absolute Gasteiger partial charge is 0.326 e. The van der Waals surface area contributed by atoms with Crippen molar-refractivity contribution in [3.8, 4) is 0 Å². The Morgan fingerprint density at radius 2 is 1.87 bits per heavy atom. The van der Waals surface area contributed by atoms with E-state index in [1.54, 1.807) is 6.20 Å². The molecule has 30 heavy (non-hydrogen) atoms. The lowest BCUT2D eigenvalue weighted by atomic mass is 10.0. The number of carboxylic acids is 1. The number of nitrogens with two attached hydrogens (primary N) is 1. The minimum atomic E-state index is -1.19. The molecule has 0 aliphatic rings. The van der Waals surface area contributed by atoms with E-state index >= 15 is 0 Å². The van der Waals surface area contributed by atoms with Crippen molar-refractivity contribution in [1.82, 2.24) is 20.9 Å². The number of thiol groups is 1. The van der Waals surface area contributed by atoms with E-state index in [1.165, 1.54) is 6.92 Å². The quantitative estimate of drug-likeness (QED) is 0.240. The molecular formula is C19H25N5O5S. The van der Waals surface area contributed by atoms with Crippen LogP contribution < -0.4 is 21.7 Å². The maximum absolute atomic E-state index is 12.4. The Kier molecular flexibility index (Phi) is 8.25. The van der Waals surface area contributed by atoms with Crippen LogP contribution in [0, 0.1) is 0 Å². The third-order valence-electron chi connectivity index (χ3n) is 4.44. The van der Waals surface area contributed by atoms with E-state index in [0.717, 1.165) is 16.5 Å². The highest BCUT2D eigenvalue weighted by atomic mass is 32.1. The molecule has 0 saturated heterocycles. The van der Waals surface area contributed by atoms with Gasteiger partial charge in [-0.15, -0.1) is 0 Å². The number of aromatic amines is 1. The van der Waals surface area contributed by atoms with Crippen LogP contribution in [0.5, 0.6) is 0 Å². The van der Waals surface area contributed by atoms with Gasteiger partial charge in [-0.1, -0.05) is 18.2 Å². The minimum absolute atomic E-state index is 0.0728. The molecule has 0 fully saturated rings. The number of benzene rings is 1. The van der Waals surface area contributed by atoms with Gasteiger partial charge in [-0.2, -0.15) is 12.6 Å². The second-order valence-corrected chi connectivity index (χ2v) is 7.12. The van der Waals surface area contributed by atoms with Crippen molar-refractivity contribution in [3.63, 3.8) is 0 Å². The lowest BCUT2D eigenvalue weighted by Gasteiger charge is -2.19. The van der Waals surface area contributed by atoms with Crippen molar-refractivity contribution in [1.29, 1.82) is 0 Å². The van der Waals surface area contributed by atoms with Crippen molar-refractivity contribution >= 4 is 47.2 Å². The number of rotatable bonds is 10. The summed E-state index contributed by atoms with van der Waals surface area (Å²) in [4.78, 5) is 50.5. The molecule has 0 radical (unpaired) electrons. The number of hydrogen-bond acceptors (Lipinski definition) is 6. The van der Waals surface area contributed by atoms with Crippen LogP contribution in [-0.2, 0) is 25.6 Å². The molecule has 3 atom stereocenters. The van der Waals surface area contributed by atoms with E-state index in [-0.39, 0.29) is 18.7 Å². The molecule has 162 valence electrons. The Hall–Kier alpha value is -3.05. The fourth-order valence-corrected chi connectivity index (χ4v) is 2.92. The number of carbonyl (C=O) groups excluding carboxylic acids is 3. The van der Waals surface area contributed by atoms with Crippen molar-refractivity contribution in [2.24, 2.45) is 5.73 Å². The first kappa shape index (κ1) is 23.2. The number of carbonyl (C=O) groups is 4. The summed E-state index contributed by atoms with van der Waals surface area (Å²) in [6, 6.07) is 4.40. The molecule has 3 amide bonds. The molecule has 0 bridgehead atoms. The molecule has 11 heteroatoms. The second kappa shape index (κ2) is 10.6. The Morgan fingerprint density at radius 3 is 2.53 bits per heavy atom. The predicted molar refractivity (Wildman–Crippen MR) is 114 cm³/mol. The average molecular weight is 436 g/mol. The molecule has 2 rings (SSSR count). The first-order chi connectivity index (χ1) is 14.2. The van der Waals surface area contributed by atoms with E-state index in [1.807, 2.05) is 24.3 Å². The van der Waals surface area contributed by atoms with Crippen LogP contribution in [0.2, 0.25) is 0 Å². The number of carboxylic acid groups (broad SMARTS) is 1. The number of amides is 3. The van der Waals surface area contributed by atoms with Crippen LogP contribution in [0.4, 0.5) is 0 Å². The molecule has 0 aliphatic heterocycles. The molecule has 3 unspecified atom stereocenters. The van der Waals surface area contributed by atoms with Crippen molar-refractivity contribution in [2.75, 3.05) is 12.3 Å². The van der Waals surface area contributed by atoms with Crippen LogP contribution in [0.1, 0.15) is 12.5 Å². The topological polar surface area (TPSA) is 166 Å². The van der Waals surface area contributed by atoms with Gasteiger partial charge in [0.1, 0.15) is 12.1 Å². The van der Waals surface area contributed by atoms with Gasteiger partial charge >= 0.3 is 5.97 Å². The number of aliphatic carboxylic acids is 1.